The van der Waals surface area contributed by atoms with Gasteiger partial charge in [0.25, 0.3) is 0 Å². The topological polar surface area (TPSA) is 52.3 Å². The van der Waals surface area contributed by atoms with Crippen LogP contribution in [0.1, 0.15) is 17.3 Å². The van der Waals surface area contributed by atoms with E-state index in [4.69, 9.17) is 17.3 Å². The number of anilines is 1. The number of hydrogen-bond donors (Lipinski definition) is 1. The Morgan fingerprint density at radius 1 is 1.64 bits per heavy atom. The van der Waals surface area contributed by atoms with Crippen molar-refractivity contribution in [3.05, 3.63) is 28.5 Å². The number of nitrogens with two attached hydrogens (primary N) is 1. The number of esters is 1. The predicted molar refractivity (Wildman–Crippen MR) is 51.8 cm³/mol. The van der Waals surface area contributed by atoms with Crippen LogP contribution in [0.25, 0.3) is 0 Å². The molecule has 0 bridgehead atoms. The molecule has 76 valence electrons. The van der Waals surface area contributed by atoms with Crippen molar-refractivity contribution in [2.75, 3.05) is 12.3 Å². The fourth-order valence-electron chi connectivity index (χ4n) is 0.931. The molecule has 3 nitrogen and oxygen atoms in total. The Kier molecular flexibility index (Phi) is 3.30. The first-order chi connectivity index (χ1) is 6.56. The minimum Gasteiger partial charge on any atom is -0.462 e. The highest BCUT2D eigenvalue weighted by molar-refractivity contribution is 6.33. The van der Waals surface area contributed by atoms with E-state index in [0.717, 1.165) is 12.1 Å². The van der Waals surface area contributed by atoms with Crippen LogP contribution in [0.2, 0.25) is 5.02 Å². The van der Waals surface area contributed by atoms with Crippen molar-refractivity contribution in [2.45, 2.75) is 6.92 Å². The SMILES string of the molecule is CCOC(=O)c1cc(N)c(Cl)cc1F. The van der Waals surface area contributed by atoms with Gasteiger partial charge in [-0.25, -0.2) is 9.18 Å². The maximum absolute atomic E-state index is 13.2. The lowest BCUT2D eigenvalue weighted by atomic mass is 10.2. The number of benzene rings is 1. The molecule has 0 heterocycles. The highest BCUT2D eigenvalue weighted by Gasteiger charge is 2.14. The van der Waals surface area contributed by atoms with Gasteiger partial charge in [0.2, 0.25) is 0 Å². The molecule has 5 heteroatoms. The van der Waals surface area contributed by atoms with Gasteiger partial charge in [-0.15, -0.1) is 0 Å². The molecule has 0 aliphatic rings. The van der Waals surface area contributed by atoms with Gasteiger partial charge in [-0.2, -0.15) is 0 Å². The summed E-state index contributed by atoms with van der Waals surface area (Å²) in [6.45, 7) is 1.82. The summed E-state index contributed by atoms with van der Waals surface area (Å²) in [5.74, 6) is -1.48. The maximum Gasteiger partial charge on any atom is 0.341 e. The second kappa shape index (κ2) is 4.28. The molecule has 1 aromatic carbocycles. The Balaban J connectivity index is 3.09. The monoisotopic (exact) mass is 217 g/mol. The Morgan fingerprint density at radius 3 is 2.86 bits per heavy atom. The Bertz CT molecular complexity index is 368. The summed E-state index contributed by atoms with van der Waals surface area (Å²) in [5, 5.41) is 0.0792. The van der Waals surface area contributed by atoms with Crippen molar-refractivity contribution in [1.29, 1.82) is 0 Å². The van der Waals surface area contributed by atoms with E-state index in [9.17, 15) is 9.18 Å². The lowest BCUT2D eigenvalue weighted by molar-refractivity contribution is 0.0521. The van der Waals surface area contributed by atoms with Crippen molar-refractivity contribution in [1.82, 2.24) is 0 Å². The van der Waals surface area contributed by atoms with Gasteiger partial charge in [-0.1, -0.05) is 11.6 Å². The van der Waals surface area contributed by atoms with Gasteiger partial charge in [0.15, 0.2) is 0 Å². The average molecular weight is 218 g/mol. The number of carbonyl (C=O) groups excluding carboxylic acids is 1. The second-order valence-corrected chi connectivity index (χ2v) is 2.98. The number of halogens is 2. The van der Waals surface area contributed by atoms with Gasteiger partial charge in [-0.3, -0.25) is 0 Å². The summed E-state index contributed by atoms with van der Waals surface area (Å²) in [6.07, 6.45) is 0. The summed E-state index contributed by atoms with van der Waals surface area (Å²) in [6, 6.07) is 2.15. The summed E-state index contributed by atoms with van der Waals surface area (Å²) in [4.78, 5) is 11.2. The van der Waals surface area contributed by atoms with Crippen molar-refractivity contribution >= 4 is 23.3 Å². The molecule has 0 fully saturated rings. The van der Waals surface area contributed by atoms with Crippen molar-refractivity contribution in [3.63, 3.8) is 0 Å². The number of ether oxygens (including phenoxy) is 1. The molecule has 0 spiro atoms. The normalized spacial score (nSPS) is 9.93. The average Bonchev–Trinajstić information content (AvgIpc) is 2.11. The molecule has 0 radical (unpaired) electrons. The van der Waals surface area contributed by atoms with E-state index in [0.29, 0.717) is 0 Å². The van der Waals surface area contributed by atoms with E-state index in [1.165, 1.54) is 0 Å². The van der Waals surface area contributed by atoms with Gasteiger partial charge in [0.05, 0.1) is 22.9 Å². The van der Waals surface area contributed by atoms with Crippen LogP contribution in [0.15, 0.2) is 12.1 Å². The highest BCUT2D eigenvalue weighted by Crippen LogP contribution is 2.23. The number of carbonyl (C=O) groups is 1. The first-order valence-electron chi connectivity index (χ1n) is 3.98. The van der Waals surface area contributed by atoms with Crippen LogP contribution in [-0.4, -0.2) is 12.6 Å². The smallest absolute Gasteiger partial charge is 0.341 e. The molecular weight excluding hydrogens is 209 g/mol. The number of rotatable bonds is 2. The Labute approximate surface area is 85.6 Å². The first kappa shape index (κ1) is 10.8. The van der Waals surface area contributed by atoms with Gasteiger partial charge in [-0.05, 0) is 19.1 Å². The summed E-state index contributed by atoms with van der Waals surface area (Å²) in [5.41, 5.74) is 5.37. The van der Waals surface area contributed by atoms with Crippen LogP contribution >= 0.6 is 11.6 Å². The molecule has 1 aromatic rings. The van der Waals surface area contributed by atoms with E-state index in [1.54, 1.807) is 6.92 Å². The third-order valence-corrected chi connectivity index (χ3v) is 1.91. The van der Waals surface area contributed by atoms with Crippen molar-refractivity contribution < 1.29 is 13.9 Å². The Morgan fingerprint density at radius 2 is 2.29 bits per heavy atom. The van der Waals surface area contributed by atoms with Crippen LogP contribution in [-0.2, 0) is 4.74 Å². The third kappa shape index (κ3) is 2.14. The molecule has 0 atom stereocenters. The largest absolute Gasteiger partial charge is 0.462 e. The lowest BCUT2D eigenvalue weighted by Crippen LogP contribution is -2.08. The molecule has 14 heavy (non-hydrogen) atoms. The van der Waals surface area contributed by atoms with E-state index >= 15 is 0 Å². The molecule has 0 aliphatic carbocycles. The molecule has 0 aliphatic heterocycles. The standard InChI is InChI=1S/C9H9ClFNO2/c1-2-14-9(13)5-3-8(12)6(10)4-7(5)11/h3-4H,2,12H2,1H3. The van der Waals surface area contributed by atoms with Gasteiger partial charge >= 0.3 is 5.97 Å². The number of hydrogen-bond acceptors (Lipinski definition) is 3. The van der Waals surface area contributed by atoms with Gasteiger partial charge < -0.3 is 10.5 Å². The van der Waals surface area contributed by atoms with E-state index in [-0.39, 0.29) is 22.9 Å². The van der Waals surface area contributed by atoms with Crippen LogP contribution in [0.4, 0.5) is 10.1 Å². The van der Waals surface area contributed by atoms with Crippen LogP contribution in [0.5, 0.6) is 0 Å². The molecular formula is C9H9ClFNO2. The molecule has 1 rings (SSSR count). The van der Waals surface area contributed by atoms with Crippen LogP contribution < -0.4 is 5.73 Å². The molecule has 0 aromatic heterocycles. The second-order valence-electron chi connectivity index (χ2n) is 2.57. The van der Waals surface area contributed by atoms with Crippen molar-refractivity contribution in [2.24, 2.45) is 0 Å². The molecule has 0 amide bonds. The fraction of sp³-hybridized carbons (Fsp3) is 0.222. The molecule has 0 saturated carbocycles. The van der Waals surface area contributed by atoms with Crippen molar-refractivity contribution in [3.8, 4) is 0 Å². The number of nitrogen functional groups attached to an aromatic ring is 1. The van der Waals surface area contributed by atoms with Crippen LogP contribution in [0, 0.1) is 5.82 Å². The van der Waals surface area contributed by atoms with Crippen LogP contribution in [0.3, 0.4) is 0 Å². The van der Waals surface area contributed by atoms with Gasteiger partial charge in [0, 0.05) is 0 Å². The fourth-order valence-corrected chi connectivity index (χ4v) is 1.08. The van der Waals surface area contributed by atoms with E-state index < -0.39 is 11.8 Å². The predicted octanol–water partition coefficient (Wildman–Crippen LogP) is 2.24. The summed E-state index contributed by atoms with van der Waals surface area (Å²) >= 11 is 5.55. The Hall–Kier alpha value is -1.29. The maximum atomic E-state index is 13.2. The zero-order valence-electron chi connectivity index (χ0n) is 7.51. The van der Waals surface area contributed by atoms with E-state index in [1.807, 2.05) is 0 Å². The lowest BCUT2D eigenvalue weighted by Gasteiger charge is -2.05. The quantitative estimate of drug-likeness (QED) is 0.611. The highest BCUT2D eigenvalue weighted by atomic mass is 35.5. The van der Waals surface area contributed by atoms with Gasteiger partial charge in [0.1, 0.15) is 5.82 Å². The third-order valence-electron chi connectivity index (χ3n) is 1.58. The molecule has 2 N–H and O–H groups in total. The summed E-state index contributed by atoms with van der Waals surface area (Å²) in [7, 11) is 0. The minimum absolute atomic E-state index is 0.0792. The zero-order valence-corrected chi connectivity index (χ0v) is 8.27. The summed E-state index contributed by atoms with van der Waals surface area (Å²) < 4.78 is 17.8. The molecule has 0 saturated heterocycles. The molecule has 0 unspecified atom stereocenters. The van der Waals surface area contributed by atoms with E-state index in [2.05, 4.69) is 4.74 Å². The first-order valence-corrected chi connectivity index (χ1v) is 4.35. The minimum atomic E-state index is -0.742. The zero-order chi connectivity index (χ0) is 10.7.